The van der Waals surface area contributed by atoms with Gasteiger partial charge < -0.3 is 29.8 Å². The number of rotatable bonds is 5. The maximum atomic E-state index is 13.9. The summed E-state index contributed by atoms with van der Waals surface area (Å²) < 4.78 is 12.6. The molecule has 256 valence electrons. The summed E-state index contributed by atoms with van der Waals surface area (Å²) in [5.41, 5.74) is 3.59. The van der Waals surface area contributed by atoms with Crippen molar-refractivity contribution in [3.05, 3.63) is 104 Å². The molecule has 4 aromatic rings. The Morgan fingerprint density at radius 2 is 1.88 bits per heavy atom. The summed E-state index contributed by atoms with van der Waals surface area (Å²) >= 11 is 0. The number of esters is 2. The van der Waals surface area contributed by atoms with Crippen LogP contribution in [-0.4, -0.2) is 44.4 Å². The maximum Gasteiger partial charge on any atom is 0.338 e. The fourth-order valence-electron chi connectivity index (χ4n) is 6.84. The first kappa shape index (κ1) is 32.9. The van der Waals surface area contributed by atoms with Crippen molar-refractivity contribution in [2.24, 2.45) is 4.99 Å². The number of carbonyl (C=O) groups is 3. The average Bonchev–Trinajstić information content (AvgIpc) is 3.37. The van der Waals surface area contributed by atoms with Crippen molar-refractivity contribution in [2.75, 3.05) is 0 Å². The van der Waals surface area contributed by atoms with Gasteiger partial charge in [-0.25, -0.2) is 14.6 Å². The number of pyridine rings is 2. The first-order valence-electron chi connectivity index (χ1n) is 16.5. The van der Waals surface area contributed by atoms with E-state index in [0.717, 1.165) is 16.5 Å². The van der Waals surface area contributed by atoms with Crippen molar-refractivity contribution in [3.8, 4) is 11.4 Å². The molecule has 3 aliphatic rings. The summed E-state index contributed by atoms with van der Waals surface area (Å²) in [6, 6.07) is 15.5. The second-order valence-electron chi connectivity index (χ2n) is 13.8. The fourth-order valence-corrected chi connectivity index (χ4v) is 6.84. The SMILES string of the molecule is CCC1(O)CC(=O)OCc2c1cc1n(c2=O)Cc2c-1nc1ccccc1c2C=Nc1ccc(C2NC(=O)NC(C)=C2C(=O)OC(C)(C)C)cc1. The summed E-state index contributed by atoms with van der Waals surface area (Å²) in [5.74, 6) is -1.08. The molecule has 2 aromatic heterocycles. The molecule has 0 aliphatic carbocycles. The standard InChI is InChI=1S/C38H37N5O7/c1-6-38(48)16-30(44)49-19-26-27(38)15-29-33-25(18-43(29)34(26)45)24(23-9-7-8-10-28(23)41-33)17-39-22-13-11-21(12-14-22)32-31(20(2)40-36(47)42-32)35(46)50-37(3,4)5/h7-15,17,32,48H,6,16,18-19H2,1-5H3,(H2,40,42,47). The van der Waals surface area contributed by atoms with Crippen LogP contribution in [-0.2, 0) is 37.8 Å². The molecule has 0 saturated carbocycles. The van der Waals surface area contributed by atoms with Gasteiger partial charge in [-0.3, -0.25) is 14.6 Å². The average molecular weight is 676 g/mol. The van der Waals surface area contributed by atoms with Crippen LogP contribution in [0.3, 0.4) is 0 Å². The number of aliphatic imine (C=N–C) groups is 1. The molecule has 2 aromatic carbocycles. The molecule has 0 radical (unpaired) electrons. The van der Waals surface area contributed by atoms with Gasteiger partial charge >= 0.3 is 18.0 Å². The molecule has 0 fully saturated rings. The predicted molar refractivity (Wildman–Crippen MR) is 186 cm³/mol. The predicted octanol–water partition coefficient (Wildman–Crippen LogP) is 5.19. The number of allylic oxidation sites excluding steroid dienone is 1. The van der Waals surface area contributed by atoms with Gasteiger partial charge in [0, 0.05) is 28.4 Å². The van der Waals surface area contributed by atoms with Crippen molar-refractivity contribution in [1.29, 1.82) is 0 Å². The number of carbonyl (C=O) groups excluding carboxylic acids is 3. The zero-order valence-electron chi connectivity index (χ0n) is 28.4. The number of hydrogen-bond donors (Lipinski definition) is 3. The van der Waals surface area contributed by atoms with Crippen molar-refractivity contribution < 1.29 is 29.0 Å². The molecule has 12 heteroatoms. The molecule has 0 bridgehead atoms. The van der Waals surface area contributed by atoms with E-state index in [1.165, 1.54) is 0 Å². The highest BCUT2D eigenvalue weighted by Crippen LogP contribution is 2.40. The van der Waals surface area contributed by atoms with E-state index in [0.29, 0.717) is 45.0 Å². The highest BCUT2D eigenvalue weighted by atomic mass is 16.6. The number of cyclic esters (lactones) is 1. The first-order valence-corrected chi connectivity index (χ1v) is 16.5. The van der Waals surface area contributed by atoms with Crippen LogP contribution in [0.4, 0.5) is 10.5 Å². The number of amides is 2. The Hall–Kier alpha value is -5.62. The summed E-state index contributed by atoms with van der Waals surface area (Å²) in [5, 5.41) is 17.8. The molecule has 7 rings (SSSR count). The summed E-state index contributed by atoms with van der Waals surface area (Å²) in [6.45, 7) is 8.82. The normalized spacial score (nSPS) is 20.1. The van der Waals surface area contributed by atoms with Crippen LogP contribution >= 0.6 is 0 Å². The molecule has 5 heterocycles. The molecule has 2 amide bonds. The molecule has 3 N–H and O–H groups in total. The van der Waals surface area contributed by atoms with E-state index in [2.05, 4.69) is 10.6 Å². The monoisotopic (exact) mass is 675 g/mol. The molecule has 0 saturated heterocycles. The van der Waals surface area contributed by atoms with Crippen LogP contribution in [0.2, 0.25) is 0 Å². The van der Waals surface area contributed by atoms with E-state index < -0.39 is 35.2 Å². The Balaban J connectivity index is 1.26. The van der Waals surface area contributed by atoms with Gasteiger partial charge in [0.25, 0.3) is 5.56 Å². The van der Waals surface area contributed by atoms with Crippen LogP contribution in [0.25, 0.3) is 22.3 Å². The van der Waals surface area contributed by atoms with E-state index in [9.17, 15) is 24.3 Å². The molecule has 0 spiro atoms. The fraction of sp³-hybridized carbons (Fsp3) is 0.316. The van der Waals surface area contributed by atoms with Gasteiger partial charge in [0.1, 0.15) is 17.8 Å². The van der Waals surface area contributed by atoms with Gasteiger partial charge in [0.05, 0.1) is 52.7 Å². The van der Waals surface area contributed by atoms with Crippen molar-refractivity contribution in [3.63, 3.8) is 0 Å². The number of para-hydroxylation sites is 1. The minimum atomic E-state index is -1.53. The minimum Gasteiger partial charge on any atom is -0.460 e. The van der Waals surface area contributed by atoms with E-state index >= 15 is 0 Å². The maximum absolute atomic E-state index is 13.9. The Morgan fingerprint density at radius 3 is 2.60 bits per heavy atom. The Morgan fingerprint density at radius 1 is 1.14 bits per heavy atom. The third-order valence-corrected chi connectivity index (χ3v) is 9.35. The van der Waals surface area contributed by atoms with E-state index in [4.69, 9.17) is 19.5 Å². The van der Waals surface area contributed by atoms with Crippen molar-refractivity contribution in [2.45, 2.75) is 77.9 Å². The first-order chi connectivity index (χ1) is 23.8. The van der Waals surface area contributed by atoms with E-state index in [1.54, 1.807) is 75.7 Å². The molecule has 2 unspecified atom stereocenters. The molecule has 12 nitrogen and oxygen atoms in total. The van der Waals surface area contributed by atoms with Crippen LogP contribution in [0.1, 0.15) is 81.3 Å². The summed E-state index contributed by atoms with van der Waals surface area (Å²) in [4.78, 5) is 61.5. The number of fused-ring (bicyclic) bond motifs is 5. The van der Waals surface area contributed by atoms with Crippen LogP contribution in [0.15, 0.2) is 75.7 Å². The van der Waals surface area contributed by atoms with Gasteiger partial charge in [-0.15, -0.1) is 0 Å². The van der Waals surface area contributed by atoms with Gasteiger partial charge in [0.2, 0.25) is 0 Å². The lowest BCUT2D eigenvalue weighted by atomic mass is 9.85. The van der Waals surface area contributed by atoms with E-state index in [1.807, 2.05) is 24.3 Å². The van der Waals surface area contributed by atoms with Crippen LogP contribution in [0.5, 0.6) is 0 Å². The Kier molecular flexibility index (Phi) is 7.94. The number of ether oxygens (including phenoxy) is 2. The lowest BCUT2D eigenvalue weighted by Gasteiger charge is -2.30. The summed E-state index contributed by atoms with van der Waals surface area (Å²) in [6.07, 6.45) is 1.75. The highest BCUT2D eigenvalue weighted by molar-refractivity contribution is 6.03. The Labute approximate surface area is 287 Å². The number of nitrogens with zero attached hydrogens (tertiary/aromatic N) is 3. The zero-order valence-corrected chi connectivity index (χ0v) is 28.4. The third-order valence-electron chi connectivity index (χ3n) is 9.35. The summed E-state index contributed by atoms with van der Waals surface area (Å²) in [7, 11) is 0. The highest BCUT2D eigenvalue weighted by Gasteiger charge is 2.40. The van der Waals surface area contributed by atoms with Crippen molar-refractivity contribution >= 4 is 40.8 Å². The number of hydrogen-bond acceptors (Lipinski definition) is 9. The quantitative estimate of drug-likeness (QED) is 0.169. The third kappa shape index (κ3) is 5.75. The second-order valence-corrected chi connectivity index (χ2v) is 13.8. The van der Waals surface area contributed by atoms with Crippen LogP contribution < -0.4 is 16.2 Å². The molecular formula is C38H37N5O7. The molecular weight excluding hydrogens is 638 g/mol. The smallest absolute Gasteiger partial charge is 0.338 e. The zero-order chi connectivity index (χ0) is 35.5. The Bertz CT molecular complexity index is 2230. The number of nitrogens with one attached hydrogen (secondary N) is 2. The van der Waals surface area contributed by atoms with Crippen LogP contribution in [0, 0.1) is 0 Å². The van der Waals surface area contributed by atoms with Gasteiger partial charge in [-0.1, -0.05) is 37.3 Å². The van der Waals surface area contributed by atoms with Gasteiger partial charge in [-0.2, -0.15) is 0 Å². The van der Waals surface area contributed by atoms with Crippen molar-refractivity contribution in [1.82, 2.24) is 20.2 Å². The number of urea groups is 1. The number of aliphatic hydroxyl groups is 1. The second kappa shape index (κ2) is 12.1. The largest absolute Gasteiger partial charge is 0.460 e. The molecule has 3 aliphatic heterocycles. The minimum absolute atomic E-state index is 0.207. The lowest BCUT2D eigenvalue weighted by molar-refractivity contribution is -0.151. The van der Waals surface area contributed by atoms with Gasteiger partial charge in [0.15, 0.2) is 0 Å². The number of benzene rings is 2. The topological polar surface area (TPSA) is 161 Å². The number of aromatic nitrogens is 2. The molecule has 50 heavy (non-hydrogen) atoms. The van der Waals surface area contributed by atoms with Gasteiger partial charge in [-0.05, 0) is 69.5 Å². The molecule has 2 atom stereocenters. The van der Waals surface area contributed by atoms with E-state index in [-0.39, 0.29) is 37.1 Å². The lowest BCUT2D eigenvalue weighted by Crippen LogP contribution is -2.46.